The van der Waals surface area contributed by atoms with Crippen LogP contribution in [0.4, 0.5) is 0 Å². The molecule has 0 spiro atoms. The van der Waals surface area contributed by atoms with Gasteiger partial charge < -0.3 is 0 Å². The summed E-state index contributed by atoms with van der Waals surface area (Å²) in [5, 5.41) is 41.4. The van der Waals surface area contributed by atoms with Gasteiger partial charge >= 0.3 is 181 Å². The second-order valence-corrected chi connectivity index (χ2v) is 12.0. The van der Waals surface area contributed by atoms with Crippen molar-refractivity contribution in [3.8, 4) is 11.5 Å². The van der Waals surface area contributed by atoms with Gasteiger partial charge in [-0.25, -0.2) is 0 Å². The molecule has 0 aliphatic rings. The number of carboxylic acids is 2. The number of aromatic hydroxyl groups is 2. The monoisotopic (exact) mass is 548 g/mol. The molecule has 0 radical (unpaired) electrons. The molecule has 12 heteroatoms. The number of phenols is 2. The van der Waals surface area contributed by atoms with E-state index >= 15 is 0 Å². The Kier molecular flexibility index (Phi) is 8.25. The van der Waals surface area contributed by atoms with Crippen molar-refractivity contribution in [1.29, 1.82) is 0 Å². The summed E-state index contributed by atoms with van der Waals surface area (Å²) >= 11 is -0.317. The van der Waals surface area contributed by atoms with E-state index in [0.29, 0.717) is 0 Å². The summed E-state index contributed by atoms with van der Waals surface area (Å²) in [5.74, 6) is -4.37. The average Bonchev–Trinajstić information content (AvgIpc) is 2.70. The predicted molar refractivity (Wildman–Crippen MR) is 107 cm³/mol. The Morgan fingerprint density at radius 1 is 0.700 bits per heavy atom. The third-order valence-corrected chi connectivity index (χ3v) is 10.6. The van der Waals surface area contributed by atoms with E-state index in [0.717, 1.165) is 8.92 Å². The fourth-order valence-corrected chi connectivity index (χ4v) is 8.07. The van der Waals surface area contributed by atoms with E-state index in [9.17, 15) is 29.4 Å². The van der Waals surface area contributed by atoms with Gasteiger partial charge in [0, 0.05) is 0 Å². The standard InChI is InChI=1S/C18H16N2O8Se2/c21-13-3-1-9(5-11(13)17(27)19-7-15(23)24)29-30-10-2-4-14(22)12(6-10)18(28)20-8-16(25)26/h1-6,21-22H,7-8H2,(H,19,27)(H,20,28)(H,23,24)(H,25,26). The molecule has 0 aliphatic carbocycles. The zero-order valence-corrected chi connectivity index (χ0v) is 18.5. The van der Waals surface area contributed by atoms with Gasteiger partial charge in [0.1, 0.15) is 0 Å². The molecule has 2 amide bonds. The van der Waals surface area contributed by atoms with E-state index in [1.165, 1.54) is 24.3 Å². The van der Waals surface area contributed by atoms with Crippen LogP contribution in [0.5, 0.6) is 11.5 Å². The number of phenolic OH excluding ortho intramolecular Hbond substituents is 2. The van der Waals surface area contributed by atoms with Gasteiger partial charge in [0.2, 0.25) is 0 Å². The number of hydrogen-bond acceptors (Lipinski definition) is 6. The molecule has 0 heterocycles. The Bertz CT molecular complexity index is 917. The van der Waals surface area contributed by atoms with Crippen molar-refractivity contribution >= 4 is 58.9 Å². The first-order valence-corrected chi connectivity index (χ1v) is 14.2. The van der Waals surface area contributed by atoms with Crippen molar-refractivity contribution in [2.75, 3.05) is 13.1 Å². The Morgan fingerprint density at radius 2 is 1.07 bits per heavy atom. The number of nitrogens with one attached hydrogen (secondary N) is 2. The van der Waals surface area contributed by atoms with E-state index in [4.69, 9.17) is 10.2 Å². The molecule has 0 saturated heterocycles. The topological polar surface area (TPSA) is 173 Å². The number of rotatable bonds is 9. The third kappa shape index (κ3) is 6.78. The third-order valence-electron chi connectivity index (χ3n) is 3.46. The summed E-state index contributed by atoms with van der Waals surface area (Å²) < 4.78 is 1.54. The number of carbonyl (C=O) groups excluding carboxylic acids is 2. The minimum absolute atomic E-state index is 0.0362. The molecule has 2 aromatic carbocycles. The quantitative estimate of drug-likeness (QED) is 0.196. The summed E-state index contributed by atoms with van der Waals surface area (Å²) in [7, 11) is 0. The van der Waals surface area contributed by atoms with Crippen LogP contribution in [-0.2, 0) is 9.59 Å². The summed E-state index contributed by atoms with van der Waals surface area (Å²) in [6.45, 7) is -1.14. The molecule has 2 aromatic rings. The van der Waals surface area contributed by atoms with Crippen molar-refractivity contribution < 1.29 is 39.6 Å². The Balaban J connectivity index is 2.10. The molecule has 158 valence electrons. The van der Waals surface area contributed by atoms with Gasteiger partial charge in [0.25, 0.3) is 0 Å². The molecule has 0 aromatic heterocycles. The van der Waals surface area contributed by atoms with Gasteiger partial charge in [-0.15, -0.1) is 0 Å². The summed E-state index contributed by atoms with van der Waals surface area (Å²) in [5.41, 5.74) is -0.0725. The van der Waals surface area contributed by atoms with E-state index in [1.54, 1.807) is 12.1 Å². The number of carbonyl (C=O) groups is 4. The Hall–Kier alpha value is -3.04. The van der Waals surface area contributed by atoms with Crippen molar-refractivity contribution in [2.24, 2.45) is 0 Å². The Labute approximate surface area is 181 Å². The van der Waals surface area contributed by atoms with E-state index < -0.39 is 36.8 Å². The number of carboxylic acid groups (broad SMARTS) is 2. The first-order chi connectivity index (χ1) is 14.2. The maximum absolute atomic E-state index is 12.0. The van der Waals surface area contributed by atoms with Crippen molar-refractivity contribution in [3.63, 3.8) is 0 Å². The van der Waals surface area contributed by atoms with Gasteiger partial charge in [-0.1, -0.05) is 0 Å². The van der Waals surface area contributed by atoms with Crippen LogP contribution in [0.2, 0.25) is 0 Å². The van der Waals surface area contributed by atoms with E-state index in [1.807, 2.05) is 0 Å². The van der Waals surface area contributed by atoms with Crippen molar-refractivity contribution in [2.45, 2.75) is 0 Å². The first kappa shape index (κ1) is 23.2. The molecular formula is C18H16N2O8Se2. The predicted octanol–water partition coefficient (Wildman–Crippen LogP) is -2.00. The molecule has 10 nitrogen and oxygen atoms in total. The van der Waals surface area contributed by atoms with Gasteiger partial charge in [-0.05, 0) is 0 Å². The fraction of sp³-hybridized carbons (Fsp3) is 0.111. The van der Waals surface area contributed by atoms with Gasteiger partial charge in [0.15, 0.2) is 0 Å². The molecule has 6 N–H and O–H groups in total. The summed E-state index contributed by atoms with van der Waals surface area (Å²) in [4.78, 5) is 45.2. The van der Waals surface area contributed by atoms with Crippen LogP contribution in [0.1, 0.15) is 20.7 Å². The minimum atomic E-state index is -1.21. The van der Waals surface area contributed by atoms with Gasteiger partial charge in [0.05, 0.1) is 0 Å². The average molecular weight is 546 g/mol. The molecule has 0 fully saturated rings. The normalized spacial score (nSPS) is 10.3. The van der Waals surface area contributed by atoms with Crippen molar-refractivity contribution in [1.82, 2.24) is 10.6 Å². The van der Waals surface area contributed by atoms with E-state index in [-0.39, 0.29) is 48.9 Å². The van der Waals surface area contributed by atoms with E-state index in [2.05, 4.69) is 10.6 Å². The van der Waals surface area contributed by atoms with Crippen LogP contribution in [0.3, 0.4) is 0 Å². The molecule has 30 heavy (non-hydrogen) atoms. The number of benzene rings is 2. The zero-order chi connectivity index (χ0) is 22.3. The number of aliphatic carboxylic acids is 2. The van der Waals surface area contributed by atoms with Crippen LogP contribution < -0.4 is 19.6 Å². The second-order valence-electron chi connectivity index (χ2n) is 5.68. The first-order valence-electron chi connectivity index (χ1n) is 8.18. The molecule has 0 bridgehead atoms. The van der Waals surface area contributed by atoms with Gasteiger partial charge in [-0.2, -0.15) is 0 Å². The molecule has 0 aliphatic heterocycles. The Morgan fingerprint density at radius 3 is 1.40 bits per heavy atom. The van der Waals surface area contributed by atoms with Crippen LogP contribution in [-0.4, -0.2) is 83.5 Å². The second kappa shape index (κ2) is 10.7. The summed E-state index contributed by atoms with van der Waals surface area (Å²) in [6.07, 6.45) is 0. The maximum atomic E-state index is 12.0. The number of amides is 2. The molecule has 0 atom stereocenters. The zero-order valence-electron chi connectivity index (χ0n) is 15.1. The van der Waals surface area contributed by atoms with Crippen LogP contribution in [0.15, 0.2) is 36.4 Å². The number of hydrogen-bond donors (Lipinski definition) is 6. The molecule has 0 saturated carbocycles. The molecule has 0 unspecified atom stereocenters. The molecular weight excluding hydrogens is 530 g/mol. The molecule has 2 rings (SSSR count). The summed E-state index contributed by atoms with van der Waals surface area (Å²) in [6, 6.07) is 8.96. The van der Waals surface area contributed by atoms with Gasteiger partial charge in [-0.3, -0.25) is 0 Å². The van der Waals surface area contributed by atoms with Crippen LogP contribution >= 0.6 is 0 Å². The fourth-order valence-electron chi connectivity index (χ4n) is 2.10. The van der Waals surface area contributed by atoms with Crippen molar-refractivity contribution in [3.05, 3.63) is 47.5 Å². The SMILES string of the molecule is O=C(O)CNC(=O)c1cc([Se][Se]c2ccc(O)c(C(=O)NCC(=O)O)c2)ccc1O. The van der Waals surface area contributed by atoms with Crippen LogP contribution in [0.25, 0.3) is 0 Å². The van der Waals surface area contributed by atoms with Crippen LogP contribution in [0, 0.1) is 0 Å².